The lowest BCUT2D eigenvalue weighted by molar-refractivity contribution is -0.136. The minimum Gasteiger partial charge on any atom is -0.494 e. The second kappa shape index (κ2) is 18.7. The SMILES string of the molecule is COc1cc(N2CCC(N3CCN(CC4CCN(c5cccc6c5C(=O)N(C5CCC(=O)NC5=O)C6=O)CC4)CC3)CC2)ccc1Nc1ncc(Cl)c(Nc2ccccc2P(C)(C)=O)n1. The van der Waals surface area contributed by atoms with Crippen molar-refractivity contribution in [3.63, 3.8) is 0 Å². The van der Waals surface area contributed by atoms with Gasteiger partial charge >= 0.3 is 0 Å². The first-order chi connectivity index (χ1) is 31.3. The second-order valence-corrected chi connectivity index (χ2v) is 21.6. The molecule has 65 heavy (non-hydrogen) atoms. The third kappa shape index (κ3) is 9.45. The van der Waals surface area contributed by atoms with Crippen LogP contribution >= 0.6 is 18.7 Å². The van der Waals surface area contributed by atoms with Crippen LogP contribution in [-0.2, 0) is 14.2 Å². The molecule has 1 atom stereocenters. The number of rotatable bonds is 12. The maximum Gasteiger partial charge on any atom is 0.264 e. The van der Waals surface area contributed by atoms with Crippen molar-refractivity contribution in [2.75, 3.05) is 99.8 Å². The number of nitrogens with zero attached hydrogens (tertiary/aromatic N) is 7. The minimum absolute atomic E-state index is 0.0966. The molecule has 0 radical (unpaired) electrons. The fraction of sp³-hybridized carbons (Fsp3) is 0.447. The monoisotopic (exact) mass is 922 g/mol. The third-order valence-electron chi connectivity index (χ3n) is 13.6. The lowest BCUT2D eigenvalue weighted by Crippen LogP contribution is -2.54. The smallest absolute Gasteiger partial charge is 0.264 e. The molecule has 1 unspecified atom stereocenters. The molecule has 9 rings (SSSR count). The molecule has 3 N–H and O–H groups in total. The van der Waals surface area contributed by atoms with Crippen LogP contribution in [0.4, 0.5) is 34.5 Å². The molecule has 3 aromatic carbocycles. The summed E-state index contributed by atoms with van der Waals surface area (Å²) >= 11 is 6.50. The van der Waals surface area contributed by atoms with E-state index in [1.807, 2.05) is 42.5 Å². The van der Waals surface area contributed by atoms with Crippen molar-refractivity contribution in [2.24, 2.45) is 5.92 Å². The molecule has 4 aromatic rings. The summed E-state index contributed by atoms with van der Waals surface area (Å²) in [4.78, 5) is 71.4. The summed E-state index contributed by atoms with van der Waals surface area (Å²) in [5.41, 5.74) is 3.96. The predicted molar refractivity (Wildman–Crippen MR) is 253 cm³/mol. The molecular weight excluding hydrogens is 867 g/mol. The number of imide groups is 2. The Morgan fingerprint density at radius 3 is 2.28 bits per heavy atom. The highest BCUT2D eigenvalue weighted by molar-refractivity contribution is 7.70. The van der Waals surface area contributed by atoms with E-state index in [4.69, 9.17) is 16.3 Å². The predicted octanol–water partition coefficient (Wildman–Crippen LogP) is 5.78. The van der Waals surface area contributed by atoms with E-state index in [0.29, 0.717) is 51.3 Å². The molecule has 4 amide bonds. The molecule has 0 spiro atoms. The average molecular weight is 923 g/mol. The Labute approximate surface area is 384 Å². The molecule has 0 aliphatic carbocycles. The number of amides is 4. The molecule has 4 saturated heterocycles. The van der Waals surface area contributed by atoms with Crippen LogP contribution in [0.15, 0.2) is 66.9 Å². The lowest BCUT2D eigenvalue weighted by Gasteiger charge is -2.44. The number of carbonyl (C=O) groups excluding carboxylic acids is 4. The Balaban J connectivity index is 0.736. The van der Waals surface area contributed by atoms with E-state index in [2.05, 4.69) is 57.7 Å². The second-order valence-electron chi connectivity index (χ2n) is 18.0. The quantitative estimate of drug-likeness (QED) is 0.115. The highest BCUT2D eigenvalue weighted by Gasteiger charge is 2.46. The molecule has 0 bridgehead atoms. The summed E-state index contributed by atoms with van der Waals surface area (Å²) in [7, 11) is -0.897. The lowest BCUT2D eigenvalue weighted by atomic mass is 9.94. The van der Waals surface area contributed by atoms with Gasteiger partial charge < -0.3 is 34.6 Å². The van der Waals surface area contributed by atoms with Gasteiger partial charge in [-0.3, -0.25) is 34.3 Å². The highest BCUT2D eigenvalue weighted by Crippen LogP contribution is 2.40. The van der Waals surface area contributed by atoms with E-state index in [-0.39, 0.29) is 18.7 Å². The van der Waals surface area contributed by atoms with Crippen molar-refractivity contribution in [1.82, 2.24) is 30.0 Å². The summed E-state index contributed by atoms with van der Waals surface area (Å²) in [6, 6.07) is 18.5. The van der Waals surface area contributed by atoms with Crippen LogP contribution in [0.3, 0.4) is 0 Å². The standard InChI is InChI=1S/C47H56ClN10O6P/c1-64-39-27-32(11-12-35(39)51-47-49-28-34(48)43(53-47)50-36-8-4-5-10-40(36)65(2,3)63)55-21-17-31(18-22-55)56-25-23-54(24-26-56)29-30-15-19-57(20-16-30)37-9-6-7-33-42(37)46(62)58(45(33)61)38-13-14-41(59)52-44(38)60/h4-12,27-28,30-31,38H,13-26,29H2,1-3H3,(H,52,59,60)(H2,49,50,51,53). The van der Waals surface area contributed by atoms with E-state index >= 15 is 0 Å². The highest BCUT2D eigenvalue weighted by atomic mass is 35.5. The molecular formula is C47H56ClN10O6P. The zero-order chi connectivity index (χ0) is 45.4. The number of fused-ring (bicyclic) bond motifs is 1. The minimum atomic E-state index is -2.55. The molecule has 5 aliphatic rings. The Hall–Kier alpha value is -5.54. The van der Waals surface area contributed by atoms with Gasteiger partial charge in [0.05, 0.1) is 41.5 Å². The molecule has 6 heterocycles. The Morgan fingerprint density at radius 2 is 1.55 bits per heavy atom. The van der Waals surface area contributed by atoms with Crippen molar-refractivity contribution in [1.29, 1.82) is 0 Å². The van der Waals surface area contributed by atoms with Crippen LogP contribution < -0.4 is 35.8 Å². The maximum absolute atomic E-state index is 13.7. The number of carbonyl (C=O) groups is 4. The molecule has 16 nitrogen and oxygen atoms in total. The van der Waals surface area contributed by atoms with Crippen molar-refractivity contribution in [3.05, 3.63) is 83.0 Å². The number of hydrogen-bond acceptors (Lipinski definition) is 14. The third-order valence-corrected chi connectivity index (χ3v) is 15.4. The molecule has 342 valence electrons. The first kappa shape index (κ1) is 44.7. The summed E-state index contributed by atoms with van der Waals surface area (Å²) in [6.07, 6.45) is 5.94. The molecule has 0 saturated carbocycles. The number of nitrogens with one attached hydrogen (secondary N) is 3. The molecule has 1 aromatic heterocycles. The van der Waals surface area contributed by atoms with Crippen LogP contribution in [0.25, 0.3) is 0 Å². The van der Waals surface area contributed by atoms with Crippen molar-refractivity contribution in [3.8, 4) is 5.75 Å². The number of piperazine rings is 1. The van der Waals surface area contributed by atoms with Gasteiger partial charge in [-0.25, -0.2) is 4.98 Å². The average Bonchev–Trinajstić information content (AvgIpc) is 3.56. The number of benzene rings is 3. The largest absolute Gasteiger partial charge is 0.494 e. The van der Waals surface area contributed by atoms with Gasteiger partial charge in [0.1, 0.15) is 24.0 Å². The Morgan fingerprint density at radius 1 is 0.815 bits per heavy atom. The van der Waals surface area contributed by atoms with Gasteiger partial charge in [-0.05, 0) is 87.7 Å². The number of hydrogen-bond donors (Lipinski definition) is 3. The van der Waals surface area contributed by atoms with Gasteiger partial charge in [-0.1, -0.05) is 29.8 Å². The normalized spacial score (nSPS) is 20.6. The maximum atomic E-state index is 13.7. The fourth-order valence-electron chi connectivity index (χ4n) is 10.1. The first-order valence-electron chi connectivity index (χ1n) is 22.5. The van der Waals surface area contributed by atoms with Crippen molar-refractivity contribution in [2.45, 2.75) is 50.6 Å². The Kier molecular flexibility index (Phi) is 12.9. The summed E-state index contributed by atoms with van der Waals surface area (Å²) in [5, 5.41) is 9.88. The number of halogens is 1. The number of methoxy groups -OCH3 is 1. The first-order valence-corrected chi connectivity index (χ1v) is 25.5. The van der Waals surface area contributed by atoms with Gasteiger partial charge in [0.15, 0.2) is 5.82 Å². The summed E-state index contributed by atoms with van der Waals surface area (Å²) in [6.45, 7) is 12.2. The van der Waals surface area contributed by atoms with E-state index in [1.165, 1.54) is 6.20 Å². The van der Waals surface area contributed by atoms with Gasteiger partial charge in [0.2, 0.25) is 17.8 Å². The van der Waals surface area contributed by atoms with E-state index in [0.717, 1.165) is 112 Å². The molecule has 5 aliphatic heterocycles. The Bertz CT molecular complexity index is 2530. The zero-order valence-corrected chi connectivity index (χ0v) is 38.7. The number of anilines is 6. The van der Waals surface area contributed by atoms with Gasteiger partial charge in [0.25, 0.3) is 11.8 Å². The van der Waals surface area contributed by atoms with Crippen LogP contribution in [0.5, 0.6) is 5.75 Å². The zero-order valence-electron chi connectivity index (χ0n) is 37.1. The van der Waals surface area contributed by atoms with Gasteiger partial charge in [0, 0.05) is 88.4 Å². The van der Waals surface area contributed by atoms with Crippen molar-refractivity contribution < 1.29 is 28.5 Å². The van der Waals surface area contributed by atoms with Gasteiger partial charge in [-0.2, -0.15) is 4.98 Å². The number of ether oxygens (including phenoxy) is 1. The van der Waals surface area contributed by atoms with Crippen LogP contribution in [-0.4, -0.2) is 140 Å². The van der Waals surface area contributed by atoms with E-state index in [1.54, 1.807) is 26.5 Å². The number of para-hydroxylation sites is 1. The van der Waals surface area contributed by atoms with E-state index in [9.17, 15) is 23.7 Å². The topological polar surface area (TPSA) is 173 Å². The van der Waals surface area contributed by atoms with Gasteiger partial charge in [-0.15, -0.1) is 0 Å². The number of aromatic nitrogens is 2. The molecule has 18 heteroatoms. The summed E-state index contributed by atoms with van der Waals surface area (Å²) in [5.74, 6) is 0.0696. The number of piperidine rings is 3. The van der Waals surface area contributed by atoms with Crippen LogP contribution in [0.2, 0.25) is 5.02 Å². The van der Waals surface area contributed by atoms with Crippen LogP contribution in [0, 0.1) is 5.92 Å². The van der Waals surface area contributed by atoms with Crippen LogP contribution in [0.1, 0.15) is 59.2 Å². The fourth-order valence-corrected chi connectivity index (χ4v) is 11.4. The molecule has 4 fully saturated rings. The van der Waals surface area contributed by atoms with Crippen molar-refractivity contribution >= 4 is 82.2 Å². The van der Waals surface area contributed by atoms with E-state index < -0.39 is 30.9 Å². The summed E-state index contributed by atoms with van der Waals surface area (Å²) < 4.78 is 18.8.